The fourth-order valence-corrected chi connectivity index (χ4v) is 3.23. The minimum atomic E-state index is 0.768. The van der Waals surface area contributed by atoms with Crippen molar-refractivity contribution in [1.82, 2.24) is 14.7 Å². The number of hydrogen-bond donors (Lipinski definition) is 1. The van der Waals surface area contributed by atoms with Gasteiger partial charge in [0.15, 0.2) is 0 Å². The maximum absolute atomic E-state index is 4.68. The molecule has 1 aliphatic rings. The van der Waals surface area contributed by atoms with Gasteiger partial charge in [-0.3, -0.25) is 0 Å². The smallest absolute Gasteiger partial charge is 0.132 e. The molecule has 96 valence electrons. The van der Waals surface area contributed by atoms with Crippen LogP contribution in [0, 0.1) is 12.8 Å². The zero-order chi connectivity index (χ0) is 12.5. The Kier molecular flexibility index (Phi) is 3.39. The van der Waals surface area contributed by atoms with E-state index >= 15 is 0 Å². The first kappa shape index (κ1) is 12.2. The van der Waals surface area contributed by atoms with E-state index in [0.717, 1.165) is 30.0 Å². The van der Waals surface area contributed by atoms with Gasteiger partial charge in [0.1, 0.15) is 10.4 Å². The highest BCUT2D eigenvalue weighted by Gasteiger charge is 2.17. The molecule has 3 nitrogen and oxygen atoms in total. The Morgan fingerprint density at radius 2 is 2.17 bits per heavy atom. The molecule has 3 heterocycles. The van der Waals surface area contributed by atoms with Crippen LogP contribution >= 0.6 is 15.9 Å². The van der Waals surface area contributed by atoms with E-state index in [1.807, 2.05) is 0 Å². The van der Waals surface area contributed by atoms with Gasteiger partial charge in [-0.15, -0.1) is 0 Å². The number of halogens is 1. The maximum atomic E-state index is 4.68. The lowest BCUT2D eigenvalue weighted by Crippen LogP contribution is -2.29. The Morgan fingerprint density at radius 1 is 1.39 bits per heavy atom. The second-order valence-corrected chi connectivity index (χ2v) is 5.93. The number of rotatable bonds is 2. The topological polar surface area (TPSA) is 29.3 Å². The Labute approximate surface area is 116 Å². The highest BCUT2D eigenvalue weighted by molar-refractivity contribution is 9.10. The lowest BCUT2D eigenvalue weighted by molar-refractivity contribution is 0.367. The molecule has 0 amide bonds. The first-order valence-corrected chi connectivity index (χ1v) is 7.37. The molecular formula is C14H18BrN3. The number of imidazole rings is 1. The third-order valence-electron chi connectivity index (χ3n) is 3.74. The van der Waals surface area contributed by atoms with Crippen LogP contribution in [0.4, 0.5) is 0 Å². The molecule has 0 bridgehead atoms. The van der Waals surface area contributed by atoms with Crippen molar-refractivity contribution >= 4 is 21.4 Å². The van der Waals surface area contributed by atoms with Crippen LogP contribution in [0.15, 0.2) is 22.9 Å². The molecule has 0 aliphatic carbocycles. The van der Waals surface area contributed by atoms with Crippen molar-refractivity contribution in [3.8, 4) is 0 Å². The molecule has 2 aromatic heterocycles. The minimum Gasteiger partial charge on any atom is -0.317 e. The van der Waals surface area contributed by atoms with Crippen LogP contribution in [0.5, 0.6) is 0 Å². The molecule has 1 aliphatic heterocycles. The zero-order valence-electron chi connectivity index (χ0n) is 10.6. The molecule has 18 heavy (non-hydrogen) atoms. The van der Waals surface area contributed by atoms with Crippen molar-refractivity contribution in [1.29, 1.82) is 0 Å². The summed E-state index contributed by atoms with van der Waals surface area (Å²) in [6.07, 6.45) is 5.79. The van der Waals surface area contributed by atoms with Crippen molar-refractivity contribution in [3.63, 3.8) is 0 Å². The highest BCUT2D eigenvalue weighted by atomic mass is 79.9. The Bertz CT molecular complexity index is 555. The van der Waals surface area contributed by atoms with E-state index < -0.39 is 0 Å². The Balaban J connectivity index is 1.93. The summed E-state index contributed by atoms with van der Waals surface area (Å²) in [5.41, 5.74) is 2.45. The summed E-state index contributed by atoms with van der Waals surface area (Å²) in [5.74, 6) is 1.96. The number of fused-ring (bicyclic) bond motifs is 1. The lowest BCUT2D eigenvalue weighted by Gasteiger charge is -2.21. The van der Waals surface area contributed by atoms with Crippen LogP contribution in [-0.4, -0.2) is 22.5 Å². The van der Waals surface area contributed by atoms with Crippen LogP contribution in [0.3, 0.4) is 0 Å². The van der Waals surface area contributed by atoms with Gasteiger partial charge in [0.05, 0.1) is 5.52 Å². The van der Waals surface area contributed by atoms with E-state index in [1.165, 1.54) is 29.7 Å². The summed E-state index contributed by atoms with van der Waals surface area (Å²) in [7, 11) is 0. The van der Waals surface area contributed by atoms with Gasteiger partial charge < -0.3 is 9.72 Å². The third-order valence-corrected chi connectivity index (χ3v) is 4.33. The second-order valence-electron chi connectivity index (χ2n) is 5.18. The minimum absolute atomic E-state index is 0.768. The molecule has 3 rings (SSSR count). The molecule has 0 spiro atoms. The number of piperidine rings is 1. The number of hydrogen-bond acceptors (Lipinski definition) is 2. The van der Waals surface area contributed by atoms with Crippen LogP contribution in [0.2, 0.25) is 0 Å². The lowest BCUT2D eigenvalue weighted by atomic mass is 9.94. The van der Waals surface area contributed by atoms with Crippen molar-refractivity contribution in [2.45, 2.75) is 26.2 Å². The fraction of sp³-hybridized carbons (Fsp3) is 0.500. The molecule has 4 heteroatoms. The van der Waals surface area contributed by atoms with Gasteiger partial charge in [-0.2, -0.15) is 0 Å². The second kappa shape index (κ2) is 5.02. The zero-order valence-corrected chi connectivity index (χ0v) is 12.2. The molecular weight excluding hydrogens is 290 g/mol. The highest BCUT2D eigenvalue weighted by Crippen LogP contribution is 2.23. The molecule has 0 atom stereocenters. The van der Waals surface area contributed by atoms with Crippen LogP contribution in [0.1, 0.15) is 24.2 Å². The van der Waals surface area contributed by atoms with Crippen LogP contribution in [0.25, 0.3) is 5.52 Å². The summed E-state index contributed by atoms with van der Waals surface area (Å²) in [6, 6.07) is 4.27. The van der Waals surface area contributed by atoms with Gasteiger partial charge in [0, 0.05) is 12.6 Å². The van der Waals surface area contributed by atoms with Crippen molar-refractivity contribution in [3.05, 3.63) is 34.3 Å². The summed E-state index contributed by atoms with van der Waals surface area (Å²) in [6.45, 7) is 4.42. The van der Waals surface area contributed by atoms with E-state index in [4.69, 9.17) is 0 Å². The van der Waals surface area contributed by atoms with E-state index in [2.05, 4.69) is 55.9 Å². The summed E-state index contributed by atoms with van der Waals surface area (Å²) in [4.78, 5) is 4.68. The van der Waals surface area contributed by atoms with Gasteiger partial charge in [0.25, 0.3) is 0 Å². The predicted molar refractivity (Wildman–Crippen MR) is 76.9 cm³/mol. The number of nitrogens with one attached hydrogen (secondary N) is 1. The molecule has 0 aromatic carbocycles. The van der Waals surface area contributed by atoms with Gasteiger partial charge in [-0.1, -0.05) is 6.07 Å². The molecule has 0 saturated carbocycles. The van der Waals surface area contributed by atoms with Crippen molar-refractivity contribution in [2.75, 3.05) is 13.1 Å². The van der Waals surface area contributed by atoms with Crippen molar-refractivity contribution < 1.29 is 0 Å². The van der Waals surface area contributed by atoms with E-state index in [0.29, 0.717) is 0 Å². The van der Waals surface area contributed by atoms with E-state index in [-0.39, 0.29) is 0 Å². The standard InChI is InChI=1S/C14H18BrN3/c1-10-2-3-12-14(15)17-13(18(12)9-10)8-11-4-6-16-7-5-11/h2-3,9,11,16H,4-8H2,1H3. The predicted octanol–water partition coefficient (Wildman–Crippen LogP) is 2.95. The number of pyridine rings is 1. The molecule has 2 aromatic rings. The average Bonchev–Trinajstić information content (AvgIpc) is 2.67. The first-order chi connectivity index (χ1) is 8.74. The van der Waals surface area contributed by atoms with E-state index in [9.17, 15) is 0 Å². The Morgan fingerprint density at radius 3 is 2.94 bits per heavy atom. The van der Waals surface area contributed by atoms with E-state index in [1.54, 1.807) is 0 Å². The average molecular weight is 308 g/mol. The third kappa shape index (κ3) is 2.31. The SMILES string of the molecule is Cc1ccc2c(Br)nc(CC3CCNCC3)n2c1. The van der Waals surface area contributed by atoms with Gasteiger partial charge in [0.2, 0.25) is 0 Å². The van der Waals surface area contributed by atoms with Crippen LogP contribution < -0.4 is 5.32 Å². The van der Waals surface area contributed by atoms with Crippen LogP contribution in [-0.2, 0) is 6.42 Å². The molecule has 1 fully saturated rings. The van der Waals surface area contributed by atoms with Gasteiger partial charge in [-0.05, 0) is 66.3 Å². The quantitative estimate of drug-likeness (QED) is 0.924. The maximum Gasteiger partial charge on any atom is 0.132 e. The number of nitrogens with zero attached hydrogens (tertiary/aromatic N) is 2. The molecule has 0 radical (unpaired) electrons. The first-order valence-electron chi connectivity index (χ1n) is 6.58. The number of aromatic nitrogens is 2. The van der Waals surface area contributed by atoms with Gasteiger partial charge in [-0.25, -0.2) is 4.98 Å². The van der Waals surface area contributed by atoms with Gasteiger partial charge >= 0.3 is 0 Å². The monoisotopic (exact) mass is 307 g/mol. The molecule has 0 unspecified atom stereocenters. The number of aryl methyl sites for hydroxylation is 1. The fourth-order valence-electron chi connectivity index (χ4n) is 2.70. The summed E-state index contributed by atoms with van der Waals surface area (Å²) in [5, 5.41) is 3.42. The molecule has 1 N–H and O–H groups in total. The summed E-state index contributed by atoms with van der Waals surface area (Å²) < 4.78 is 3.20. The normalized spacial score (nSPS) is 17.4. The largest absolute Gasteiger partial charge is 0.317 e. The van der Waals surface area contributed by atoms with Crippen molar-refractivity contribution in [2.24, 2.45) is 5.92 Å². The molecule has 1 saturated heterocycles. The Hall–Kier alpha value is -0.870. The summed E-state index contributed by atoms with van der Waals surface area (Å²) >= 11 is 3.56.